The minimum absolute atomic E-state index is 0.0878. The predicted octanol–water partition coefficient (Wildman–Crippen LogP) is 9.86. The molecule has 35 heavy (non-hydrogen) atoms. The molecule has 0 atom stereocenters. The van der Waals surface area contributed by atoms with Gasteiger partial charge in [-0.2, -0.15) is 0 Å². The summed E-state index contributed by atoms with van der Waals surface area (Å²) in [6.07, 6.45) is 22.3. The molecule has 0 saturated carbocycles. The van der Waals surface area contributed by atoms with E-state index < -0.39 is 0 Å². The van der Waals surface area contributed by atoms with Crippen molar-refractivity contribution >= 4 is 12.6 Å². The molecular formula is C33H46O2. The van der Waals surface area contributed by atoms with E-state index in [-0.39, 0.29) is 5.41 Å². The molecule has 2 heteroatoms. The maximum atomic E-state index is 11.7. The first-order valence-electron chi connectivity index (χ1n) is 14.4. The van der Waals surface area contributed by atoms with Crippen molar-refractivity contribution in [3.05, 3.63) is 58.7 Å². The maximum absolute atomic E-state index is 11.7. The van der Waals surface area contributed by atoms with Crippen LogP contribution in [0.5, 0.6) is 0 Å². The highest BCUT2D eigenvalue weighted by atomic mass is 16.1. The quantitative estimate of drug-likeness (QED) is 0.159. The Morgan fingerprint density at radius 1 is 0.543 bits per heavy atom. The van der Waals surface area contributed by atoms with Crippen LogP contribution < -0.4 is 0 Å². The van der Waals surface area contributed by atoms with Gasteiger partial charge in [-0.05, 0) is 47.2 Å². The summed E-state index contributed by atoms with van der Waals surface area (Å²) >= 11 is 0. The average Bonchev–Trinajstić information content (AvgIpc) is 3.16. The van der Waals surface area contributed by atoms with Crippen LogP contribution in [0, 0.1) is 0 Å². The van der Waals surface area contributed by atoms with Gasteiger partial charge in [0.15, 0.2) is 0 Å². The molecule has 0 unspecified atom stereocenters. The predicted molar refractivity (Wildman–Crippen MR) is 149 cm³/mol. The Morgan fingerprint density at radius 3 is 1.29 bits per heavy atom. The standard InChI is InChI=1S/C33H46O2/c1-3-5-7-9-11-13-15-21-33(22-16-14-12-10-8-6-4-2)31-23-27(25-34)17-19-29(31)30-20-18-28(26-35)24-32(30)33/h17-20,23-26H,3-16,21-22H2,1-2H3. The van der Waals surface area contributed by atoms with E-state index in [2.05, 4.69) is 38.1 Å². The molecule has 1 aliphatic rings. The van der Waals surface area contributed by atoms with Gasteiger partial charge in [-0.1, -0.05) is 128 Å². The Morgan fingerprint density at radius 2 is 0.914 bits per heavy atom. The molecule has 0 radical (unpaired) electrons. The minimum atomic E-state index is -0.0878. The third-order valence-corrected chi connectivity index (χ3v) is 8.09. The number of carbonyl (C=O) groups excluding carboxylic acids is 2. The van der Waals surface area contributed by atoms with Crippen LogP contribution in [0.3, 0.4) is 0 Å². The van der Waals surface area contributed by atoms with Crippen molar-refractivity contribution in [2.45, 2.75) is 122 Å². The molecule has 0 N–H and O–H groups in total. The summed E-state index contributed by atoms with van der Waals surface area (Å²) in [5.41, 5.74) is 6.58. The molecule has 2 nitrogen and oxygen atoms in total. The molecule has 0 spiro atoms. The molecular weight excluding hydrogens is 428 g/mol. The number of fused-ring (bicyclic) bond motifs is 3. The molecule has 1 aliphatic carbocycles. The number of benzene rings is 2. The molecule has 0 bridgehead atoms. The van der Waals surface area contributed by atoms with Gasteiger partial charge in [0.2, 0.25) is 0 Å². The third-order valence-electron chi connectivity index (χ3n) is 8.09. The van der Waals surface area contributed by atoms with Gasteiger partial charge in [0, 0.05) is 16.5 Å². The van der Waals surface area contributed by atoms with Gasteiger partial charge in [-0.25, -0.2) is 0 Å². The van der Waals surface area contributed by atoms with Crippen molar-refractivity contribution in [2.24, 2.45) is 0 Å². The van der Waals surface area contributed by atoms with Crippen molar-refractivity contribution < 1.29 is 9.59 Å². The average molecular weight is 475 g/mol. The van der Waals surface area contributed by atoms with E-state index in [1.165, 1.54) is 112 Å². The van der Waals surface area contributed by atoms with Crippen LogP contribution in [0.25, 0.3) is 11.1 Å². The number of carbonyl (C=O) groups is 2. The first-order valence-corrected chi connectivity index (χ1v) is 14.4. The van der Waals surface area contributed by atoms with Crippen LogP contribution >= 0.6 is 0 Å². The van der Waals surface area contributed by atoms with Crippen molar-refractivity contribution in [1.82, 2.24) is 0 Å². The molecule has 2 aromatic carbocycles. The van der Waals surface area contributed by atoms with Crippen LogP contribution in [0.15, 0.2) is 36.4 Å². The molecule has 0 fully saturated rings. The molecule has 0 aromatic heterocycles. The van der Waals surface area contributed by atoms with Crippen molar-refractivity contribution in [2.75, 3.05) is 0 Å². The van der Waals surface area contributed by atoms with Gasteiger partial charge in [0.1, 0.15) is 12.6 Å². The Kier molecular flexibility index (Phi) is 11.2. The normalized spacial score (nSPS) is 13.4. The first-order chi connectivity index (χ1) is 17.2. The topological polar surface area (TPSA) is 34.1 Å². The molecule has 2 aromatic rings. The minimum Gasteiger partial charge on any atom is -0.298 e. The summed E-state index contributed by atoms with van der Waals surface area (Å²) in [7, 11) is 0. The number of hydrogen-bond acceptors (Lipinski definition) is 2. The monoisotopic (exact) mass is 474 g/mol. The largest absolute Gasteiger partial charge is 0.298 e. The number of rotatable bonds is 18. The van der Waals surface area contributed by atoms with Crippen LogP contribution in [0.2, 0.25) is 0 Å². The summed E-state index contributed by atoms with van der Waals surface area (Å²) in [5, 5.41) is 0. The van der Waals surface area contributed by atoms with Crippen LogP contribution in [0.4, 0.5) is 0 Å². The summed E-state index contributed by atoms with van der Waals surface area (Å²) < 4.78 is 0. The number of hydrogen-bond donors (Lipinski definition) is 0. The molecule has 190 valence electrons. The van der Waals surface area contributed by atoms with Crippen LogP contribution in [-0.2, 0) is 5.41 Å². The second kappa shape index (κ2) is 14.4. The SMILES string of the molecule is CCCCCCCCCC1(CCCCCCCCC)c2cc(C=O)ccc2-c2ccc(C=O)cc21. The summed E-state index contributed by atoms with van der Waals surface area (Å²) in [6, 6.07) is 12.4. The zero-order valence-electron chi connectivity index (χ0n) is 22.2. The molecule has 0 amide bonds. The molecule has 0 heterocycles. The summed E-state index contributed by atoms with van der Waals surface area (Å²) in [4.78, 5) is 23.4. The van der Waals surface area contributed by atoms with E-state index in [0.29, 0.717) is 0 Å². The van der Waals surface area contributed by atoms with E-state index in [1.807, 2.05) is 12.1 Å². The van der Waals surface area contributed by atoms with E-state index in [1.54, 1.807) is 0 Å². The number of unbranched alkanes of at least 4 members (excludes halogenated alkanes) is 12. The summed E-state index contributed by atoms with van der Waals surface area (Å²) in [5.74, 6) is 0. The van der Waals surface area contributed by atoms with Gasteiger partial charge in [-0.15, -0.1) is 0 Å². The van der Waals surface area contributed by atoms with Crippen LogP contribution in [0.1, 0.15) is 148 Å². The van der Waals surface area contributed by atoms with Crippen molar-refractivity contribution in [3.63, 3.8) is 0 Å². The van der Waals surface area contributed by atoms with Gasteiger partial charge in [0.25, 0.3) is 0 Å². The first kappa shape index (κ1) is 27.4. The fourth-order valence-corrected chi connectivity index (χ4v) is 6.11. The summed E-state index contributed by atoms with van der Waals surface area (Å²) in [6.45, 7) is 4.54. The fraction of sp³-hybridized carbons (Fsp3) is 0.576. The van der Waals surface area contributed by atoms with Crippen molar-refractivity contribution in [3.8, 4) is 11.1 Å². The Bertz CT molecular complexity index is 865. The molecule has 0 aliphatic heterocycles. The Hall–Kier alpha value is -2.22. The second-order valence-electron chi connectivity index (χ2n) is 10.7. The Balaban J connectivity index is 1.85. The van der Waals surface area contributed by atoms with Gasteiger partial charge in [0.05, 0.1) is 0 Å². The molecule has 0 saturated heterocycles. The highest BCUT2D eigenvalue weighted by Gasteiger charge is 2.42. The van der Waals surface area contributed by atoms with Gasteiger partial charge >= 0.3 is 0 Å². The third kappa shape index (κ3) is 6.93. The van der Waals surface area contributed by atoms with Gasteiger partial charge in [-0.3, -0.25) is 9.59 Å². The molecule has 3 rings (SSSR count). The lowest BCUT2D eigenvalue weighted by atomic mass is 9.70. The Labute approximate surface area is 213 Å². The highest BCUT2D eigenvalue weighted by Crippen LogP contribution is 2.54. The smallest absolute Gasteiger partial charge is 0.150 e. The van der Waals surface area contributed by atoms with E-state index in [0.717, 1.165) is 36.5 Å². The lowest BCUT2D eigenvalue weighted by Gasteiger charge is -2.33. The maximum Gasteiger partial charge on any atom is 0.150 e. The fourth-order valence-electron chi connectivity index (χ4n) is 6.11. The second-order valence-corrected chi connectivity index (χ2v) is 10.7. The zero-order chi connectivity index (χ0) is 24.9. The van der Waals surface area contributed by atoms with Crippen LogP contribution in [-0.4, -0.2) is 12.6 Å². The van der Waals surface area contributed by atoms with E-state index >= 15 is 0 Å². The highest BCUT2D eigenvalue weighted by molar-refractivity contribution is 5.87. The van der Waals surface area contributed by atoms with Crippen molar-refractivity contribution in [1.29, 1.82) is 0 Å². The van der Waals surface area contributed by atoms with E-state index in [9.17, 15) is 9.59 Å². The van der Waals surface area contributed by atoms with Gasteiger partial charge < -0.3 is 0 Å². The zero-order valence-corrected chi connectivity index (χ0v) is 22.2. The lowest BCUT2D eigenvalue weighted by molar-refractivity contribution is 0.111. The number of aldehydes is 2. The van der Waals surface area contributed by atoms with E-state index in [4.69, 9.17) is 0 Å². The lowest BCUT2D eigenvalue weighted by Crippen LogP contribution is -2.26.